The zero-order valence-electron chi connectivity index (χ0n) is 9.74. The van der Waals surface area contributed by atoms with E-state index in [1.165, 1.54) is 6.07 Å². The summed E-state index contributed by atoms with van der Waals surface area (Å²) in [7, 11) is 0. The number of benzene rings is 1. The summed E-state index contributed by atoms with van der Waals surface area (Å²) in [4.78, 5) is 4.35. The van der Waals surface area contributed by atoms with E-state index in [4.69, 9.17) is 23.2 Å². The van der Waals surface area contributed by atoms with Crippen LogP contribution in [0.25, 0.3) is 11.0 Å². The average molecular weight is 315 g/mol. The lowest BCUT2D eigenvalue weighted by Gasteiger charge is -2.06. The third-order valence-electron chi connectivity index (χ3n) is 2.91. The largest absolute Gasteiger partial charge is 0.322 e. The molecule has 0 aliphatic heterocycles. The highest BCUT2D eigenvalue weighted by Gasteiger charge is 2.13. The second kappa shape index (κ2) is 5.12. The number of nitrogens with zero attached hydrogens (tertiary/aromatic N) is 2. The van der Waals surface area contributed by atoms with Gasteiger partial charge < -0.3 is 4.57 Å². The minimum atomic E-state index is -0.463. The van der Waals surface area contributed by atoms with E-state index in [1.54, 1.807) is 17.4 Å². The van der Waals surface area contributed by atoms with E-state index in [1.807, 2.05) is 16.0 Å². The van der Waals surface area contributed by atoms with Crippen molar-refractivity contribution in [2.75, 3.05) is 0 Å². The predicted octanol–water partition coefficient (Wildman–Crippen LogP) is 4.68. The fourth-order valence-corrected chi connectivity index (χ4v) is 3.04. The van der Waals surface area contributed by atoms with E-state index in [9.17, 15) is 4.39 Å². The maximum Gasteiger partial charge on any atom is 0.144 e. The summed E-state index contributed by atoms with van der Waals surface area (Å²) in [5.74, 6) is 0.526. The Bertz CT molecular complexity index is 722. The summed E-state index contributed by atoms with van der Waals surface area (Å²) >= 11 is 13.4. The van der Waals surface area contributed by atoms with Crippen molar-refractivity contribution < 1.29 is 4.39 Å². The Balaban J connectivity index is 2.17. The van der Waals surface area contributed by atoms with Crippen LogP contribution in [0.1, 0.15) is 11.4 Å². The fourth-order valence-electron chi connectivity index (χ4n) is 2.01. The first kappa shape index (κ1) is 12.9. The molecule has 2 heterocycles. The smallest absolute Gasteiger partial charge is 0.144 e. The first-order valence-electron chi connectivity index (χ1n) is 5.60. The van der Waals surface area contributed by atoms with Gasteiger partial charge in [-0.25, -0.2) is 9.37 Å². The lowest BCUT2D eigenvalue weighted by Crippen LogP contribution is -2.02. The molecule has 3 rings (SSSR count). The molecule has 0 aliphatic carbocycles. The van der Waals surface area contributed by atoms with Crippen LogP contribution in [-0.4, -0.2) is 9.55 Å². The number of hydrogen-bond acceptors (Lipinski definition) is 2. The molecular weight excluding hydrogens is 306 g/mol. The quantitative estimate of drug-likeness (QED) is 0.642. The molecule has 0 bridgehead atoms. The summed E-state index contributed by atoms with van der Waals surface area (Å²) < 4.78 is 15.4. The minimum absolute atomic E-state index is 0.0973. The normalized spacial score (nSPS) is 11.3. The van der Waals surface area contributed by atoms with Crippen LogP contribution in [0.3, 0.4) is 0 Å². The summed E-state index contributed by atoms with van der Waals surface area (Å²) in [5.41, 5.74) is 2.54. The zero-order valence-corrected chi connectivity index (χ0v) is 12.1. The fraction of sp³-hybridized carbons (Fsp3) is 0.154. The lowest BCUT2D eigenvalue weighted by molar-refractivity contribution is 0.629. The molecular formula is C13H9Cl2FN2S. The Kier molecular flexibility index (Phi) is 3.48. The van der Waals surface area contributed by atoms with Crippen LogP contribution in [0, 0.1) is 5.82 Å². The molecule has 0 radical (unpaired) electrons. The molecule has 0 spiro atoms. The van der Waals surface area contributed by atoms with Crippen molar-refractivity contribution in [2.45, 2.75) is 12.4 Å². The Hall–Kier alpha value is -1.10. The third kappa shape index (κ3) is 2.36. The molecule has 0 amide bonds. The predicted molar refractivity (Wildman–Crippen MR) is 77.7 cm³/mol. The highest BCUT2D eigenvalue weighted by molar-refractivity contribution is 7.07. The van der Waals surface area contributed by atoms with Gasteiger partial charge in [-0.15, -0.1) is 11.6 Å². The van der Waals surface area contributed by atoms with Crippen LogP contribution >= 0.6 is 34.5 Å². The summed E-state index contributed by atoms with van der Waals surface area (Å²) in [5, 5.41) is 4.18. The zero-order chi connectivity index (χ0) is 13.4. The second-order valence-electron chi connectivity index (χ2n) is 4.13. The van der Waals surface area contributed by atoms with Gasteiger partial charge in [0.25, 0.3) is 0 Å². The molecule has 0 fully saturated rings. The SMILES string of the molecule is Fc1cc2nc(CCl)n(Cc3ccsc3)c2cc1Cl. The number of halogens is 3. The van der Waals surface area contributed by atoms with Gasteiger partial charge in [-0.2, -0.15) is 11.3 Å². The number of imidazole rings is 1. The maximum atomic E-state index is 13.5. The number of aromatic nitrogens is 2. The molecule has 0 aliphatic rings. The van der Waals surface area contributed by atoms with Gasteiger partial charge in [0.1, 0.15) is 11.6 Å². The van der Waals surface area contributed by atoms with E-state index in [2.05, 4.69) is 10.4 Å². The van der Waals surface area contributed by atoms with E-state index in [-0.39, 0.29) is 10.9 Å². The molecule has 6 heteroatoms. The minimum Gasteiger partial charge on any atom is -0.322 e. The van der Waals surface area contributed by atoms with Crippen LogP contribution in [0.15, 0.2) is 29.0 Å². The summed E-state index contributed by atoms with van der Waals surface area (Å²) in [6.45, 7) is 0.657. The number of fused-ring (bicyclic) bond motifs is 1. The van der Waals surface area contributed by atoms with E-state index in [0.717, 1.165) is 11.1 Å². The molecule has 0 unspecified atom stereocenters. The number of alkyl halides is 1. The molecule has 98 valence electrons. The van der Waals surface area contributed by atoms with Gasteiger partial charge in [0.15, 0.2) is 0 Å². The average Bonchev–Trinajstić information content (AvgIpc) is 3.00. The van der Waals surface area contributed by atoms with Gasteiger partial charge in [-0.05, 0) is 28.5 Å². The Morgan fingerprint density at radius 1 is 1.37 bits per heavy atom. The van der Waals surface area contributed by atoms with Crippen LogP contribution in [0.4, 0.5) is 4.39 Å². The van der Waals surface area contributed by atoms with Crippen molar-refractivity contribution in [2.24, 2.45) is 0 Å². The van der Waals surface area contributed by atoms with Gasteiger partial charge in [-0.1, -0.05) is 11.6 Å². The molecule has 3 aromatic rings. The second-order valence-corrected chi connectivity index (χ2v) is 5.59. The first-order valence-corrected chi connectivity index (χ1v) is 7.46. The topological polar surface area (TPSA) is 17.8 Å². The molecule has 0 N–H and O–H groups in total. The molecule has 1 aromatic carbocycles. The van der Waals surface area contributed by atoms with Gasteiger partial charge in [0.2, 0.25) is 0 Å². The highest BCUT2D eigenvalue weighted by atomic mass is 35.5. The van der Waals surface area contributed by atoms with Crippen molar-refractivity contribution in [3.8, 4) is 0 Å². The summed E-state index contributed by atoms with van der Waals surface area (Å²) in [6.07, 6.45) is 0. The Labute approximate surface area is 123 Å². The molecule has 2 nitrogen and oxygen atoms in total. The molecule has 0 atom stereocenters. The van der Waals surface area contributed by atoms with E-state index >= 15 is 0 Å². The molecule has 2 aromatic heterocycles. The van der Waals surface area contributed by atoms with Crippen LogP contribution in [0.5, 0.6) is 0 Å². The number of rotatable bonds is 3. The highest BCUT2D eigenvalue weighted by Crippen LogP contribution is 2.25. The monoisotopic (exact) mass is 314 g/mol. The van der Waals surface area contributed by atoms with Crippen molar-refractivity contribution in [3.05, 3.63) is 51.2 Å². The molecule has 19 heavy (non-hydrogen) atoms. The Morgan fingerprint density at radius 3 is 2.89 bits per heavy atom. The van der Waals surface area contributed by atoms with Crippen molar-refractivity contribution in [1.82, 2.24) is 9.55 Å². The van der Waals surface area contributed by atoms with Crippen molar-refractivity contribution >= 4 is 45.6 Å². The van der Waals surface area contributed by atoms with E-state index < -0.39 is 5.82 Å². The van der Waals surface area contributed by atoms with Gasteiger partial charge in [0, 0.05) is 6.07 Å². The molecule has 0 saturated carbocycles. The standard InChI is InChI=1S/C13H9Cl2FN2S/c14-5-13-17-11-4-10(16)9(15)3-12(11)18(13)6-8-1-2-19-7-8/h1-4,7H,5-6H2. The van der Waals surface area contributed by atoms with Gasteiger partial charge in [0.05, 0.1) is 28.5 Å². The third-order valence-corrected chi connectivity index (χ3v) is 4.17. The maximum absolute atomic E-state index is 13.5. The first-order chi connectivity index (χ1) is 9.19. The van der Waals surface area contributed by atoms with Crippen LogP contribution < -0.4 is 0 Å². The van der Waals surface area contributed by atoms with E-state index in [0.29, 0.717) is 17.9 Å². The number of thiophene rings is 1. The summed E-state index contributed by atoms with van der Waals surface area (Å²) in [6, 6.07) is 4.99. The van der Waals surface area contributed by atoms with Gasteiger partial charge in [-0.3, -0.25) is 0 Å². The Morgan fingerprint density at radius 2 is 2.21 bits per heavy atom. The number of hydrogen-bond donors (Lipinski definition) is 0. The lowest BCUT2D eigenvalue weighted by atomic mass is 10.3. The van der Waals surface area contributed by atoms with Crippen LogP contribution in [0.2, 0.25) is 5.02 Å². The van der Waals surface area contributed by atoms with Gasteiger partial charge >= 0.3 is 0 Å². The van der Waals surface area contributed by atoms with Crippen LogP contribution in [-0.2, 0) is 12.4 Å². The molecule has 0 saturated heterocycles. The van der Waals surface area contributed by atoms with Crippen molar-refractivity contribution in [1.29, 1.82) is 0 Å². The van der Waals surface area contributed by atoms with Crippen molar-refractivity contribution in [3.63, 3.8) is 0 Å².